The van der Waals surface area contributed by atoms with E-state index in [1.54, 1.807) is 19.1 Å². The zero-order valence-electron chi connectivity index (χ0n) is 12.8. The summed E-state index contributed by atoms with van der Waals surface area (Å²) in [5.41, 5.74) is -0.128. The van der Waals surface area contributed by atoms with Gasteiger partial charge in [0.1, 0.15) is 0 Å². The smallest absolute Gasteiger partial charge is 0.310 e. The maximum Gasteiger partial charge on any atom is 0.310 e. The zero-order chi connectivity index (χ0) is 15.9. The van der Waals surface area contributed by atoms with Crippen LogP contribution in [-0.2, 0) is 4.79 Å². The predicted molar refractivity (Wildman–Crippen MR) is 82.8 cm³/mol. The van der Waals surface area contributed by atoms with E-state index in [9.17, 15) is 14.9 Å². The number of benzene rings is 1. The van der Waals surface area contributed by atoms with Gasteiger partial charge in [-0.05, 0) is 25.8 Å². The van der Waals surface area contributed by atoms with E-state index in [2.05, 4.69) is 5.32 Å². The number of carbonyl (C=O) groups is 1. The van der Waals surface area contributed by atoms with Crippen molar-refractivity contribution in [2.75, 3.05) is 0 Å². The van der Waals surface area contributed by atoms with Gasteiger partial charge in [-0.15, -0.1) is 0 Å². The van der Waals surface area contributed by atoms with Gasteiger partial charge in [0, 0.05) is 12.1 Å². The molecule has 6 nitrogen and oxygen atoms in total. The van der Waals surface area contributed by atoms with Crippen LogP contribution >= 0.6 is 0 Å². The van der Waals surface area contributed by atoms with Gasteiger partial charge in [0.15, 0.2) is 11.9 Å². The molecule has 1 aromatic carbocycles. The van der Waals surface area contributed by atoms with Crippen molar-refractivity contribution in [1.29, 1.82) is 0 Å². The van der Waals surface area contributed by atoms with Crippen LogP contribution in [0.1, 0.15) is 45.4 Å². The minimum atomic E-state index is -0.760. The van der Waals surface area contributed by atoms with E-state index in [0.29, 0.717) is 0 Å². The molecule has 1 aliphatic rings. The topological polar surface area (TPSA) is 81.5 Å². The third kappa shape index (κ3) is 4.44. The number of nitro benzene ring substituents is 1. The lowest BCUT2D eigenvalue weighted by molar-refractivity contribution is -0.386. The van der Waals surface area contributed by atoms with Crippen LogP contribution in [0.3, 0.4) is 0 Å². The van der Waals surface area contributed by atoms with Gasteiger partial charge in [0.25, 0.3) is 5.91 Å². The number of hydrogen-bond donors (Lipinski definition) is 1. The van der Waals surface area contributed by atoms with Gasteiger partial charge in [-0.3, -0.25) is 14.9 Å². The van der Waals surface area contributed by atoms with Gasteiger partial charge in [-0.1, -0.05) is 37.8 Å². The molecule has 0 saturated heterocycles. The summed E-state index contributed by atoms with van der Waals surface area (Å²) in [5.74, 6) is -0.0962. The second-order valence-corrected chi connectivity index (χ2v) is 5.68. The molecule has 1 N–H and O–H groups in total. The summed E-state index contributed by atoms with van der Waals surface area (Å²) in [6, 6.07) is 6.28. The number of nitro groups is 1. The Kier molecular flexibility index (Phi) is 5.75. The van der Waals surface area contributed by atoms with E-state index < -0.39 is 11.0 Å². The maximum absolute atomic E-state index is 12.2. The van der Waals surface area contributed by atoms with E-state index in [4.69, 9.17) is 4.74 Å². The van der Waals surface area contributed by atoms with Crippen molar-refractivity contribution in [1.82, 2.24) is 5.32 Å². The molecule has 1 saturated carbocycles. The second-order valence-electron chi connectivity index (χ2n) is 5.68. The summed E-state index contributed by atoms with van der Waals surface area (Å²) in [6.45, 7) is 1.61. The lowest BCUT2D eigenvalue weighted by Crippen LogP contribution is -2.42. The SMILES string of the molecule is CC(Oc1ccccc1[N+](=O)[O-])C(=O)NC1CCCCCC1. The fourth-order valence-corrected chi connectivity index (χ4v) is 2.69. The number of rotatable bonds is 5. The predicted octanol–water partition coefficient (Wildman–Crippen LogP) is 3.20. The van der Waals surface area contributed by atoms with E-state index in [1.807, 2.05) is 0 Å². The molecule has 1 amide bonds. The first-order valence-electron chi connectivity index (χ1n) is 7.78. The van der Waals surface area contributed by atoms with Crippen LogP contribution in [-0.4, -0.2) is 23.0 Å². The summed E-state index contributed by atoms with van der Waals surface area (Å²) in [4.78, 5) is 22.6. The van der Waals surface area contributed by atoms with E-state index in [0.717, 1.165) is 25.7 Å². The molecule has 2 rings (SSSR count). The molecule has 0 bridgehead atoms. The van der Waals surface area contributed by atoms with Crippen molar-refractivity contribution < 1.29 is 14.5 Å². The molecular weight excluding hydrogens is 284 g/mol. The molecule has 1 aliphatic carbocycles. The Hall–Kier alpha value is -2.11. The lowest BCUT2D eigenvalue weighted by Gasteiger charge is -2.20. The third-order valence-electron chi connectivity index (χ3n) is 3.94. The number of nitrogens with zero attached hydrogens (tertiary/aromatic N) is 1. The van der Waals surface area contributed by atoms with Gasteiger partial charge < -0.3 is 10.1 Å². The Morgan fingerprint density at radius 3 is 2.55 bits per heavy atom. The summed E-state index contributed by atoms with van der Waals surface area (Å²) in [6.07, 6.45) is 5.91. The van der Waals surface area contributed by atoms with E-state index in [-0.39, 0.29) is 23.4 Å². The van der Waals surface area contributed by atoms with Gasteiger partial charge >= 0.3 is 5.69 Å². The average molecular weight is 306 g/mol. The van der Waals surface area contributed by atoms with Crippen LogP contribution in [0.25, 0.3) is 0 Å². The highest BCUT2D eigenvalue weighted by atomic mass is 16.6. The average Bonchev–Trinajstić information content (AvgIpc) is 2.76. The Morgan fingerprint density at radius 2 is 1.91 bits per heavy atom. The Balaban J connectivity index is 1.95. The standard InChI is InChI=1S/C16H22N2O4/c1-12(16(19)17-13-8-4-2-3-5-9-13)22-15-11-7-6-10-14(15)18(20)21/h6-7,10-13H,2-5,8-9H2,1H3,(H,17,19). The van der Waals surface area contributed by atoms with Gasteiger partial charge in [0.05, 0.1) is 4.92 Å². The third-order valence-corrected chi connectivity index (χ3v) is 3.94. The molecule has 0 aromatic heterocycles. The molecule has 0 aliphatic heterocycles. The van der Waals surface area contributed by atoms with Crippen LogP contribution in [0.4, 0.5) is 5.69 Å². The van der Waals surface area contributed by atoms with Crippen molar-refractivity contribution in [2.24, 2.45) is 0 Å². The molecule has 6 heteroatoms. The Labute approximate surface area is 130 Å². The molecule has 1 fully saturated rings. The van der Waals surface area contributed by atoms with Crippen LogP contribution in [0.5, 0.6) is 5.75 Å². The Bertz CT molecular complexity index is 525. The number of ether oxygens (including phenoxy) is 1. The lowest BCUT2D eigenvalue weighted by atomic mass is 10.1. The van der Waals surface area contributed by atoms with Gasteiger partial charge in [0.2, 0.25) is 0 Å². The monoisotopic (exact) mass is 306 g/mol. The molecular formula is C16H22N2O4. The van der Waals surface area contributed by atoms with Crippen molar-refractivity contribution in [3.8, 4) is 5.75 Å². The molecule has 1 aromatic rings. The molecule has 0 spiro atoms. The minimum absolute atomic E-state index is 0.121. The molecule has 1 atom stereocenters. The Morgan fingerprint density at radius 1 is 1.27 bits per heavy atom. The summed E-state index contributed by atoms with van der Waals surface area (Å²) >= 11 is 0. The molecule has 1 unspecified atom stereocenters. The van der Waals surface area contributed by atoms with Crippen molar-refractivity contribution in [3.63, 3.8) is 0 Å². The first-order chi connectivity index (χ1) is 10.6. The number of nitrogens with one attached hydrogen (secondary N) is 1. The van der Waals surface area contributed by atoms with Crippen LogP contribution < -0.4 is 10.1 Å². The molecule has 120 valence electrons. The fourth-order valence-electron chi connectivity index (χ4n) is 2.69. The molecule has 0 heterocycles. The van der Waals surface area contributed by atoms with E-state index >= 15 is 0 Å². The van der Waals surface area contributed by atoms with Crippen LogP contribution in [0.15, 0.2) is 24.3 Å². The number of carbonyl (C=O) groups excluding carboxylic acids is 1. The quantitative estimate of drug-likeness (QED) is 0.514. The highest BCUT2D eigenvalue weighted by Crippen LogP contribution is 2.27. The second kappa shape index (κ2) is 7.77. The first kappa shape index (κ1) is 16.3. The summed E-state index contributed by atoms with van der Waals surface area (Å²) in [5, 5.41) is 13.9. The first-order valence-corrected chi connectivity index (χ1v) is 7.78. The van der Waals surface area contributed by atoms with Crippen LogP contribution in [0, 0.1) is 10.1 Å². The van der Waals surface area contributed by atoms with Crippen LogP contribution in [0.2, 0.25) is 0 Å². The largest absolute Gasteiger partial charge is 0.474 e. The zero-order valence-corrected chi connectivity index (χ0v) is 12.8. The molecule has 0 radical (unpaired) electrons. The fraction of sp³-hybridized carbons (Fsp3) is 0.562. The highest BCUT2D eigenvalue weighted by Gasteiger charge is 2.23. The maximum atomic E-state index is 12.2. The minimum Gasteiger partial charge on any atom is -0.474 e. The molecule has 22 heavy (non-hydrogen) atoms. The van der Waals surface area contributed by atoms with Gasteiger partial charge in [-0.2, -0.15) is 0 Å². The number of amides is 1. The summed E-state index contributed by atoms with van der Waals surface area (Å²) < 4.78 is 5.49. The van der Waals surface area contributed by atoms with Crippen molar-refractivity contribution in [2.45, 2.75) is 57.6 Å². The van der Waals surface area contributed by atoms with Crippen molar-refractivity contribution >= 4 is 11.6 Å². The normalized spacial score (nSPS) is 17.3. The number of para-hydroxylation sites is 2. The summed E-state index contributed by atoms with van der Waals surface area (Å²) in [7, 11) is 0. The number of hydrogen-bond acceptors (Lipinski definition) is 4. The van der Waals surface area contributed by atoms with Crippen molar-refractivity contribution in [3.05, 3.63) is 34.4 Å². The highest BCUT2D eigenvalue weighted by molar-refractivity contribution is 5.81. The van der Waals surface area contributed by atoms with E-state index in [1.165, 1.54) is 25.0 Å². The van der Waals surface area contributed by atoms with Gasteiger partial charge in [-0.25, -0.2) is 0 Å².